The Hall–Kier alpha value is -3.58. The lowest BCUT2D eigenvalue weighted by atomic mass is 9.97. The molecule has 0 amide bonds. The summed E-state index contributed by atoms with van der Waals surface area (Å²) in [5, 5.41) is 11.6. The molecule has 156 valence electrons. The first-order chi connectivity index (χ1) is 15.2. The van der Waals surface area contributed by atoms with Crippen LogP contribution < -0.4 is 9.47 Å². The molecular formula is C27H26N2O2. The third kappa shape index (κ3) is 4.32. The normalized spacial score (nSPS) is 15.5. The molecule has 1 heterocycles. The van der Waals surface area contributed by atoms with Crippen LogP contribution in [0.15, 0.2) is 60.7 Å². The maximum atomic E-state index is 9.76. The van der Waals surface area contributed by atoms with E-state index in [1.807, 2.05) is 68.5 Å². The van der Waals surface area contributed by atoms with Gasteiger partial charge in [-0.3, -0.25) is 0 Å². The van der Waals surface area contributed by atoms with Crippen LogP contribution in [0.25, 0.3) is 16.8 Å². The summed E-state index contributed by atoms with van der Waals surface area (Å²) in [6.45, 7) is 4.86. The molecule has 2 aromatic carbocycles. The maximum Gasteiger partial charge on any atom is 0.225 e. The SMILES string of the molecule is C/C=C/C=C/c1cc2cc3c(c(OCc4ccccc4)c2c(OCC)n1)C(C#N)CC3. The molecule has 0 spiro atoms. The number of benzene rings is 2. The Morgan fingerprint density at radius 3 is 2.74 bits per heavy atom. The second-order valence-corrected chi connectivity index (χ2v) is 7.54. The minimum Gasteiger partial charge on any atom is -0.488 e. The summed E-state index contributed by atoms with van der Waals surface area (Å²) in [5.41, 5.74) is 4.08. The van der Waals surface area contributed by atoms with Gasteiger partial charge in [-0.15, -0.1) is 0 Å². The summed E-state index contributed by atoms with van der Waals surface area (Å²) < 4.78 is 12.4. The smallest absolute Gasteiger partial charge is 0.225 e. The summed E-state index contributed by atoms with van der Waals surface area (Å²) >= 11 is 0. The Balaban J connectivity index is 1.89. The number of pyridine rings is 1. The van der Waals surface area contributed by atoms with Crippen molar-refractivity contribution in [2.45, 2.75) is 39.2 Å². The van der Waals surface area contributed by atoms with Crippen LogP contribution in [0.2, 0.25) is 0 Å². The number of ether oxygens (including phenoxy) is 2. The summed E-state index contributed by atoms with van der Waals surface area (Å²) in [4.78, 5) is 4.75. The van der Waals surface area contributed by atoms with Gasteiger partial charge in [0.2, 0.25) is 5.88 Å². The molecule has 1 aromatic heterocycles. The number of allylic oxidation sites excluding steroid dienone is 3. The van der Waals surface area contributed by atoms with Crippen LogP contribution in [0, 0.1) is 11.3 Å². The minimum atomic E-state index is -0.172. The molecule has 4 rings (SSSR count). The third-order valence-electron chi connectivity index (χ3n) is 5.47. The second kappa shape index (κ2) is 9.49. The molecule has 0 fully saturated rings. The first kappa shape index (κ1) is 20.7. The van der Waals surface area contributed by atoms with E-state index in [9.17, 15) is 5.26 Å². The summed E-state index contributed by atoms with van der Waals surface area (Å²) in [7, 11) is 0. The van der Waals surface area contributed by atoms with Crippen molar-refractivity contribution < 1.29 is 9.47 Å². The quantitative estimate of drug-likeness (QED) is 0.426. The van der Waals surface area contributed by atoms with Crippen molar-refractivity contribution in [2.24, 2.45) is 0 Å². The highest BCUT2D eigenvalue weighted by molar-refractivity contribution is 5.96. The van der Waals surface area contributed by atoms with Gasteiger partial charge in [-0.1, -0.05) is 54.6 Å². The highest BCUT2D eigenvalue weighted by Crippen LogP contribution is 2.46. The van der Waals surface area contributed by atoms with Gasteiger partial charge >= 0.3 is 0 Å². The minimum absolute atomic E-state index is 0.172. The van der Waals surface area contributed by atoms with E-state index < -0.39 is 0 Å². The molecule has 1 aliphatic carbocycles. The first-order valence-electron chi connectivity index (χ1n) is 10.7. The van der Waals surface area contributed by atoms with E-state index >= 15 is 0 Å². The number of aryl methyl sites for hydroxylation is 1. The lowest BCUT2D eigenvalue weighted by Crippen LogP contribution is -2.04. The van der Waals surface area contributed by atoms with Crippen LogP contribution >= 0.6 is 0 Å². The van der Waals surface area contributed by atoms with Gasteiger partial charge in [0.1, 0.15) is 12.4 Å². The fourth-order valence-electron chi connectivity index (χ4n) is 4.08. The first-order valence-corrected chi connectivity index (χ1v) is 10.7. The number of hydrogen-bond acceptors (Lipinski definition) is 4. The highest BCUT2D eigenvalue weighted by Gasteiger charge is 2.30. The monoisotopic (exact) mass is 410 g/mol. The molecule has 0 radical (unpaired) electrons. The number of rotatable bonds is 7. The molecule has 0 N–H and O–H groups in total. The predicted molar refractivity (Wildman–Crippen MR) is 124 cm³/mol. The number of fused-ring (bicyclic) bond motifs is 2. The topological polar surface area (TPSA) is 55.1 Å². The van der Waals surface area contributed by atoms with E-state index in [0.29, 0.717) is 19.1 Å². The Bertz CT molecular complexity index is 1170. The maximum absolute atomic E-state index is 9.76. The Kier molecular flexibility index (Phi) is 6.33. The molecule has 3 aromatic rings. The Morgan fingerprint density at radius 2 is 2.00 bits per heavy atom. The molecule has 0 saturated carbocycles. The largest absolute Gasteiger partial charge is 0.488 e. The van der Waals surface area contributed by atoms with Gasteiger partial charge < -0.3 is 9.47 Å². The Morgan fingerprint density at radius 1 is 1.16 bits per heavy atom. The molecule has 1 aliphatic rings. The molecule has 0 saturated heterocycles. The molecule has 1 atom stereocenters. The summed E-state index contributed by atoms with van der Waals surface area (Å²) in [6.07, 6.45) is 9.58. The number of hydrogen-bond donors (Lipinski definition) is 0. The third-order valence-corrected chi connectivity index (χ3v) is 5.47. The van der Waals surface area contributed by atoms with Crippen LogP contribution in [-0.4, -0.2) is 11.6 Å². The highest BCUT2D eigenvalue weighted by atomic mass is 16.5. The van der Waals surface area contributed by atoms with Crippen molar-refractivity contribution in [2.75, 3.05) is 6.61 Å². The molecule has 4 heteroatoms. The molecule has 31 heavy (non-hydrogen) atoms. The van der Waals surface area contributed by atoms with Crippen LogP contribution in [0.1, 0.15) is 48.6 Å². The van der Waals surface area contributed by atoms with Gasteiger partial charge in [-0.2, -0.15) is 5.26 Å². The molecule has 0 aliphatic heterocycles. The zero-order valence-electron chi connectivity index (χ0n) is 18.0. The molecular weight excluding hydrogens is 384 g/mol. The molecule has 1 unspecified atom stereocenters. The lowest BCUT2D eigenvalue weighted by Gasteiger charge is -2.18. The van der Waals surface area contributed by atoms with Crippen molar-refractivity contribution in [3.8, 4) is 17.7 Å². The zero-order valence-corrected chi connectivity index (χ0v) is 18.0. The number of nitriles is 1. The van der Waals surface area contributed by atoms with E-state index in [0.717, 1.165) is 46.2 Å². The van der Waals surface area contributed by atoms with E-state index in [-0.39, 0.29) is 5.92 Å². The standard InChI is InChI=1S/C27H26N2O2/c1-3-5-7-12-23-16-22-15-20-13-14-21(17-28)24(20)26(25(22)27(29-23)30-4-2)31-18-19-10-8-6-9-11-19/h3,5-12,15-16,21H,4,13-14,18H2,1-2H3/b5-3+,12-7+. The molecule has 4 nitrogen and oxygen atoms in total. The van der Waals surface area contributed by atoms with E-state index in [2.05, 4.69) is 18.2 Å². The fraction of sp³-hybridized carbons (Fsp3) is 0.259. The van der Waals surface area contributed by atoms with Gasteiger partial charge in [0.25, 0.3) is 0 Å². The van der Waals surface area contributed by atoms with E-state index in [1.165, 1.54) is 5.56 Å². The van der Waals surface area contributed by atoms with Crippen molar-refractivity contribution in [3.05, 3.63) is 83.1 Å². The van der Waals surface area contributed by atoms with Gasteiger partial charge in [-0.05, 0) is 55.3 Å². The average molecular weight is 411 g/mol. The number of aromatic nitrogens is 1. The van der Waals surface area contributed by atoms with Crippen LogP contribution in [-0.2, 0) is 13.0 Å². The molecule has 0 bridgehead atoms. The van der Waals surface area contributed by atoms with Crippen LogP contribution in [0.3, 0.4) is 0 Å². The fourth-order valence-corrected chi connectivity index (χ4v) is 4.08. The van der Waals surface area contributed by atoms with Gasteiger partial charge in [0, 0.05) is 5.56 Å². The van der Waals surface area contributed by atoms with Crippen molar-refractivity contribution in [1.29, 1.82) is 5.26 Å². The van der Waals surface area contributed by atoms with Crippen molar-refractivity contribution >= 4 is 16.8 Å². The van der Waals surface area contributed by atoms with E-state index in [4.69, 9.17) is 14.5 Å². The second-order valence-electron chi connectivity index (χ2n) is 7.54. The average Bonchev–Trinajstić information content (AvgIpc) is 3.20. The zero-order chi connectivity index (χ0) is 21.6. The van der Waals surface area contributed by atoms with E-state index in [1.54, 1.807) is 0 Å². The van der Waals surface area contributed by atoms with Gasteiger partial charge in [0.15, 0.2) is 0 Å². The van der Waals surface area contributed by atoms with Crippen LogP contribution in [0.5, 0.6) is 11.6 Å². The van der Waals surface area contributed by atoms with Crippen LogP contribution in [0.4, 0.5) is 0 Å². The number of nitrogens with zero attached hydrogens (tertiary/aromatic N) is 2. The predicted octanol–water partition coefficient (Wildman–Crippen LogP) is 6.36. The van der Waals surface area contributed by atoms with Crippen molar-refractivity contribution in [3.63, 3.8) is 0 Å². The lowest BCUT2D eigenvalue weighted by molar-refractivity contribution is 0.301. The summed E-state index contributed by atoms with van der Waals surface area (Å²) in [6, 6.07) is 16.8. The van der Waals surface area contributed by atoms with Crippen molar-refractivity contribution in [1.82, 2.24) is 4.98 Å². The van der Waals surface area contributed by atoms with Gasteiger partial charge in [-0.25, -0.2) is 4.98 Å². The summed E-state index contributed by atoms with van der Waals surface area (Å²) in [5.74, 6) is 1.11. The Labute approximate surface area is 183 Å². The van der Waals surface area contributed by atoms with Gasteiger partial charge in [0.05, 0.1) is 29.7 Å².